The van der Waals surface area contributed by atoms with E-state index < -0.39 is 0 Å². The fourth-order valence-corrected chi connectivity index (χ4v) is 3.41. The molecule has 5 heteroatoms. The van der Waals surface area contributed by atoms with Gasteiger partial charge in [-0.05, 0) is 35.0 Å². The van der Waals surface area contributed by atoms with E-state index in [4.69, 9.17) is 0 Å². The molecule has 2 aromatic rings. The van der Waals surface area contributed by atoms with E-state index in [0.29, 0.717) is 16.0 Å². The van der Waals surface area contributed by atoms with Crippen molar-refractivity contribution in [1.29, 1.82) is 0 Å². The van der Waals surface area contributed by atoms with E-state index in [1.54, 1.807) is 11.8 Å². The van der Waals surface area contributed by atoms with Crippen molar-refractivity contribution in [3.63, 3.8) is 0 Å². The number of H-pyrrole nitrogens is 1. The molecule has 1 N–H and O–H groups in total. The highest BCUT2D eigenvalue weighted by atomic mass is 79.9. The SMILES string of the molecule is Cc1ccc(SCc2nc(C(C)(C)C)c(Br)c(=O)[nH]2)cc1. The Labute approximate surface area is 137 Å². The van der Waals surface area contributed by atoms with Gasteiger partial charge in [-0.1, -0.05) is 38.5 Å². The van der Waals surface area contributed by atoms with Gasteiger partial charge >= 0.3 is 0 Å². The van der Waals surface area contributed by atoms with Crippen molar-refractivity contribution in [1.82, 2.24) is 9.97 Å². The molecule has 0 atom stereocenters. The van der Waals surface area contributed by atoms with Gasteiger partial charge in [0.1, 0.15) is 10.3 Å². The summed E-state index contributed by atoms with van der Waals surface area (Å²) in [5.74, 6) is 1.35. The second-order valence-corrected chi connectivity index (χ2v) is 7.87. The average molecular weight is 367 g/mol. The van der Waals surface area contributed by atoms with Gasteiger partial charge in [0.05, 0.1) is 11.4 Å². The van der Waals surface area contributed by atoms with Crippen LogP contribution in [0, 0.1) is 6.92 Å². The summed E-state index contributed by atoms with van der Waals surface area (Å²) in [6, 6.07) is 8.34. The summed E-state index contributed by atoms with van der Waals surface area (Å²) < 4.78 is 0.527. The van der Waals surface area contributed by atoms with Crippen LogP contribution in [0.3, 0.4) is 0 Å². The summed E-state index contributed by atoms with van der Waals surface area (Å²) in [4.78, 5) is 20.6. The van der Waals surface area contributed by atoms with Crippen LogP contribution in [0.15, 0.2) is 38.4 Å². The summed E-state index contributed by atoms with van der Waals surface area (Å²) in [7, 11) is 0. The van der Waals surface area contributed by atoms with Crippen molar-refractivity contribution in [2.75, 3.05) is 0 Å². The van der Waals surface area contributed by atoms with Crippen molar-refractivity contribution in [2.45, 2.75) is 43.8 Å². The Morgan fingerprint density at radius 3 is 2.43 bits per heavy atom. The molecule has 0 amide bonds. The predicted octanol–water partition coefficient (Wildman–Crippen LogP) is 4.43. The molecule has 0 unspecified atom stereocenters. The fourth-order valence-electron chi connectivity index (χ4n) is 1.86. The normalized spacial score (nSPS) is 11.7. The van der Waals surface area contributed by atoms with Crippen LogP contribution in [0.5, 0.6) is 0 Å². The maximum absolute atomic E-state index is 12.0. The molecule has 3 nitrogen and oxygen atoms in total. The highest BCUT2D eigenvalue weighted by Crippen LogP contribution is 2.27. The lowest BCUT2D eigenvalue weighted by Gasteiger charge is -2.19. The van der Waals surface area contributed by atoms with Gasteiger partial charge in [-0.15, -0.1) is 11.8 Å². The van der Waals surface area contributed by atoms with Crippen LogP contribution in [0.2, 0.25) is 0 Å². The zero-order valence-electron chi connectivity index (χ0n) is 12.7. The molecule has 0 bridgehead atoms. The molecular formula is C16H19BrN2OS. The lowest BCUT2D eigenvalue weighted by Crippen LogP contribution is -2.23. The van der Waals surface area contributed by atoms with Gasteiger partial charge in [0.25, 0.3) is 5.56 Å². The molecule has 1 heterocycles. The second kappa shape index (κ2) is 6.36. The standard InChI is InChI=1S/C16H19BrN2OS/c1-10-5-7-11(8-6-10)21-9-12-18-14(16(2,3)4)13(17)15(20)19-12/h5-8H,9H2,1-4H3,(H,18,19,20). The molecule has 0 saturated carbocycles. The number of hydrogen-bond acceptors (Lipinski definition) is 3. The third-order valence-corrected chi connectivity index (χ3v) is 4.78. The van der Waals surface area contributed by atoms with Crippen LogP contribution < -0.4 is 5.56 Å². The Morgan fingerprint density at radius 1 is 1.24 bits per heavy atom. The number of hydrogen-bond donors (Lipinski definition) is 1. The number of rotatable bonds is 3. The lowest BCUT2D eigenvalue weighted by molar-refractivity contribution is 0.558. The highest BCUT2D eigenvalue weighted by molar-refractivity contribution is 9.10. The molecule has 1 aromatic heterocycles. The number of aromatic amines is 1. The van der Waals surface area contributed by atoms with Crippen molar-refractivity contribution < 1.29 is 0 Å². The molecule has 0 saturated heterocycles. The second-order valence-electron chi connectivity index (χ2n) is 6.03. The van der Waals surface area contributed by atoms with Crippen LogP contribution in [0.25, 0.3) is 0 Å². The van der Waals surface area contributed by atoms with Gasteiger partial charge in [-0.3, -0.25) is 4.79 Å². The molecule has 0 fully saturated rings. The molecular weight excluding hydrogens is 348 g/mol. The first-order valence-corrected chi connectivity index (χ1v) is 8.54. The van der Waals surface area contributed by atoms with Gasteiger partial charge < -0.3 is 4.98 Å². The Balaban J connectivity index is 2.23. The largest absolute Gasteiger partial charge is 0.309 e. The number of benzene rings is 1. The third-order valence-electron chi connectivity index (χ3n) is 3.02. The van der Waals surface area contributed by atoms with Crippen LogP contribution in [-0.4, -0.2) is 9.97 Å². The van der Waals surface area contributed by atoms with Gasteiger partial charge in [-0.25, -0.2) is 4.98 Å². The van der Waals surface area contributed by atoms with Crippen molar-refractivity contribution >= 4 is 27.7 Å². The number of halogens is 1. The highest BCUT2D eigenvalue weighted by Gasteiger charge is 2.21. The van der Waals surface area contributed by atoms with E-state index in [2.05, 4.69) is 77.9 Å². The maximum atomic E-state index is 12.0. The summed E-state index contributed by atoms with van der Waals surface area (Å²) in [5, 5.41) is 0. The fraction of sp³-hybridized carbons (Fsp3) is 0.375. The average Bonchev–Trinajstić information content (AvgIpc) is 2.40. The van der Waals surface area contributed by atoms with E-state index >= 15 is 0 Å². The minimum atomic E-state index is -0.170. The van der Waals surface area contributed by atoms with Crippen LogP contribution in [0.4, 0.5) is 0 Å². The lowest BCUT2D eigenvalue weighted by atomic mass is 9.92. The number of nitrogens with zero attached hydrogens (tertiary/aromatic N) is 1. The molecule has 0 aliphatic heterocycles. The summed E-state index contributed by atoms with van der Waals surface area (Å²) in [6.07, 6.45) is 0. The predicted molar refractivity (Wildman–Crippen MR) is 92.0 cm³/mol. The number of thioether (sulfide) groups is 1. The molecule has 112 valence electrons. The molecule has 0 aliphatic rings. The summed E-state index contributed by atoms with van der Waals surface area (Å²) >= 11 is 5.01. The minimum absolute atomic E-state index is 0.116. The van der Waals surface area contributed by atoms with Gasteiger partial charge in [0, 0.05) is 10.3 Å². The first kappa shape index (κ1) is 16.3. The molecule has 0 spiro atoms. The van der Waals surface area contributed by atoms with E-state index in [1.807, 2.05) is 0 Å². The molecule has 0 aliphatic carbocycles. The quantitative estimate of drug-likeness (QED) is 0.817. The first-order valence-electron chi connectivity index (χ1n) is 6.76. The topological polar surface area (TPSA) is 45.8 Å². The smallest absolute Gasteiger partial charge is 0.265 e. The Bertz CT molecular complexity index is 687. The third kappa shape index (κ3) is 4.20. The monoisotopic (exact) mass is 366 g/mol. The molecule has 1 aromatic carbocycles. The number of aryl methyl sites for hydroxylation is 1. The van der Waals surface area contributed by atoms with E-state index in [-0.39, 0.29) is 11.0 Å². The molecule has 0 radical (unpaired) electrons. The summed E-state index contributed by atoms with van der Waals surface area (Å²) in [5.41, 5.74) is 1.75. The van der Waals surface area contributed by atoms with Gasteiger partial charge in [0.2, 0.25) is 0 Å². The Hall–Kier alpha value is -1.07. The van der Waals surface area contributed by atoms with E-state index in [1.165, 1.54) is 10.5 Å². The first-order chi connectivity index (χ1) is 9.77. The zero-order chi connectivity index (χ0) is 15.6. The molecule has 2 rings (SSSR count). The Kier molecular flexibility index (Phi) is 4.94. The Morgan fingerprint density at radius 2 is 1.86 bits per heavy atom. The minimum Gasteiger partial charge on any atom is -0.309 e. The van der Waals surface area contributed by atoms with Crippen molar-refractivity contribution in [2.24, 2.45) is 0 Å². The van der Waals surface area contributed by atoms with Crippen LogP contribution >= 0.6 is 27.7 Å². The van der Waals surface area contributed by atoms with Gasteiger partial charge in [-0.2, -0.15) is 0 Å². The van der Waals surface area contributed by atoms with Crippen LogP contribution in [0.1, 0.15) is 37.9 Å². The van der Waals surface area contributed by atoms with Gasteiger partial charge in [0.15, 0.2) is 0 Å². The zero-order valence-corrected chi connectivity index (χ0v) is 15.1. The van der Waals surface area contributed by atoms with Crippen molar-refractivity contribution in [3.8, 4) is 0 Å². The van der Waals surface area contributed by atoms with E-state index in [9.17, 15) is 4.79 Å². The number of aromatic nitrogens is 2. The number of nitrogens with one attached hydrogen (secondary N) is 1. The van der Waals surface area contributed by atoms with Crippen LogP contribution in [-0.2, 0) is 11.2 Å². The molecule has 21 heavy (non-hydrogen) atoms. The van der Waals surface area contributed by atoms with E-state index in [0.717, 1.165) is 5.69 Å². The van der Waals surface area contributed by atoms with Crippen molar-refractivity contribution in [3.05, 3.63) is 56.2 Å². The maximum Gasteiger partial charge on any atom is 0.265 e. The summed E-state index contributed by atoms with van der Waals surface area (Å²) in [6.45, 7) is 8.22.